The number of imidazole rings is 1. The Morgan fingerprint density at radius 3 is 1.90 bits per heavy atom. The summed E-state index contributed by atoms with van der Waals surface area (Å²) in [7, 11) is 0. The standard InChI is InChI=1S/C22H22FN3O2.C16H34O4/c23-17-9-7-16(8-10-17)21(27)6-3-13-25-14-11-18(12-15-25)26-20-5-2-1-4-19(20)24-22(26)28;1-13(2,3)17-19-15(7,8)11-12-16(9,10)20-18-14(4,5)6/h1-2,4-5,7-11H,3,6,12-15H2,(H,24,28);11-12H2,1-10H3. The summed E-state index contributed by atoms with van der Waals surface area (Å²) >= 11 is 0. The summed E-state index contributed by atoms with van der Waals surface area (Å²) in [6.07, 6.45) is 5.70. The molecule has 0 bridgehead atoms. The van der Waals surface area contributed by atoms with Gasteiger partial charge in [0.05, 0.1) is 33.4 Å². The molecular formula is C38H56FN3O6. The molecule has 266 valence electrons. The third-order valence-electron chi connectivity index (χ3n) is 7.55. The predicted molar refractivity (Wildman–Crippen MR) is 189 cm³/mol. The van der Waals surface area contributed by atoms with E-state index in [0.717, 1.165) is 62.0 Å². The van der Waals surface area contributed by atoms with Crippen LogP contribution in [0.1, 0.15) is 112 Å². The Bertz CT molecular complexity index is 1530. The monoisotopic (exact) mass is 669 g/mol. The fraction of sp³-hybridized carbons (Fsp3) is 0.579. The molecule has 1 aromatic heterocycles. The van der Waals surface area contributed by atoms with Crippen LogP contribution in [0.2, 0.25) is 0 Å². The Balaban J connectivity index is 0.000000279. The normalized spacial score (nSPS) is 14.9. The molecule has 10 heteroatoms. The molecule has 0 amide bonds. The van der Waals surface area contributed by atoms with E-state index in [1.807, 2.05) is 93.5 Å². The Kier molecular flexibility index (Phi) is 13.5. The van der Waals surface area contributed by atoms with Gasteiger partial charge in [-0.2, -0.15) is 0 Å². The number of carbonyl (C=O) groups is 1. The summed E-state index contributed by atoms with van der Waals surface area (Å²) in [6.45, 7) is 22.3. The van der Waals surface area contributed by atoms with E-state index in [0.29, 0.717) is 12.0 Å². The minimum Gasteiger partial charge on any atom is -0.305 e. The van der Waals surface area contributed by atoms with Gasteiger partial charge in [0.1, 0.15) is 5.82 Å². The Hall–Kier alpha value is -3.15. The maximum absolute atomic E-state index is 12.9. The van der Waals surface area contributed by atoms with Gasteiger partial charge in [-0.25, -0.2) is 28.7 Å². The fourth-order valence-corrected chi connectivity index (χ4v) is 4.85. The van der Waals surface area contributed by atoms with E-state index in [4.69, 9.17) is 19.6 Å². The van der Waals surface area contributed by atoms with Crippen LogP contribution in [0.5, 0.6) is 0 Å². The number of para-hydroxylation sites is 2. The van der Waals surface area contributed by atoms with Gasteiger partial charge in [-0.15, -0.1) is 0 Å². The Morgan fingerprint density at radius 1 is 0.812 bits per heavy atom. The van der Waals surface area contributed by atoms with Crippen LogP contribution in [0.4, 0.5) is 4.39 Å². The minimum atomic E-state index is -0.365. The van der Waals surface area contributed by atoms with Crippen LogP contribution < -0.4 is 5.69 Å². The van der Waals surface area contributed by atoms with Crippen LogP contribution in [-0.2, 0) is 19.6 Å². The van der Waals surface area contributed by atoms with Gasteiger partial charge >= 0.3 is 5.69 Å². The number of ketones is 1. The first-order valence-electron chi connectivity index (χ1n) is 16.9. The van der Waals surface area contributed by atoms with E-state index >= 15 is 0 Å². The molecule has 2 heterocycles. The molecule has 0 fully saturated rings. The topological polar surface area (TPSA) is 95.0 Å². The SMILES string of the molecule is CC(C)(C)OOC(C)(C)CCC(C)(C)OOC(C)(C)C.O=C(CCCN1CC=C(n2c(=O)[nH]c3ccccc32)CC1)c1ccc(F)cc1. The molecule has 1 aliphatic rings. The van der Waals surface area contributed by atoms with Crippen LogP contribution >= 0.6 is 0 Å². The number of Topliss-reactive ketones (excluding diaryl/α,β-unsaturated/α-hetero) is 1. The number of aromatic amines is 1. The molecule has 0 atom stereocenters. The van der Waals surface area contributed by atoms with Gasteiger partial charge in [0, 0.05) is 37.2 Å². The number of benzene rings is 2. The summed E-state index contributed by atoms with van der Waals surface area (Å²) in [6, 6.07) is 13.4. The number of nitrogens with one attached hydrogen (secondary N) is 1. The minimum absolute atomic E-state index is 0.0404. The molecular weight excluding hydrogens is 613 g/mol. The van der Waals surface area contributed by atoms with E-state index < -0.39 is 0 Å². The first-order valence-corrected chi connectivity index (χ1v) is 16.9. The van der Waals surface area contributed by atoms with Gasteiger partial charge < -0.3 is 4.98 Å². The predicted octanol–water partition coefficient (Wildman–Crippen LogP) is 8.50. The molecule has 0 saturated carbocycles. The van der Waals surface area contributed by atoms with E-state index in [-0.39, 0.29) is 39.7 Å². The third kappa shape index (κ3) is 13.4. The van der Waals surface area contributed by atoms with Crippen molar-refractivity contribution in [3.63, 3.8) is 0 Å². The number of hydrogen-bond acceptors (Lipinski definition) is 7. The second-order valence-electron chi connectivity index (χ2n) is 15.6. The Morgan fingerprint density at radius 2 is 1.38 bits per heavy atom. The first-order chi connectivity index (χ1) is 22.2. The van der Waals surface area contributed by atoms with Gasteiger partial charge in [0.25, 0.3) is 0 Å². The summed E-state index contributed by atoms with van der Waals surface area (Å²) in [4.78, 5) is 51.5. The fourth-order valence-electron chi connectivity index (χ4n) is 4.85. The van der Waals surface area contributed by atoms with Crippen molar-refractivity contribution < 1.29 is 28.7 Å². The number of H-pyrrole nitrogens is 1. The number of hydrogen-bond donors (Lipinski definition) is 1. The van der Waals surface area contributed by atoms with Crippen molar-refractivity contribution in [3.05, 3.63) is 76.5 Å². The molecule has 4 rings (SSSR count). The molecule has 2 aromatic carbocycles. The maximum Gasteiger partial charge on any atom is 0.330 e. The number of aromatic nitrogens is 2. The van der Waals surface area contributed by atoms with Crippen molar-refractivity contribution >= 4 is 22.5 Å². The van der Waals surface area contributed by atoms with Crippen LogP contribution in [0.15, 0.2) is 59.4 Å². The lowest BCUT2D eigenvalue weighted by Crippen LogP contribution is -2.35. The molecule has 0 radical (unpaired) electrons. The largest absolute Gasteiger partial charge is 0.330 e. The van der Waals surface area contributed by atoms with Crippen LogP contribution in [0.25, 0.3) is 16.7 Å². The quantitative estimate of drug-likeness (QED) is 0.111. The maximum atomic E-state index is 12.9. The van der Waals surface area contributed by atoms with Crippen LogP contribution in [-0.4, -0.2) is 62.3 Å². The van der Waals surface area contributed by atoms with Gasteiger partial charge in [-0.1, -0.05) is 18.2 Å². The highest BCUT2D eigenvalue weighted by atomic mass is 19.1. The zero-order valence-corrected chi connectivity index (χ0v) is 30.6. The summed E-state index contributed by atoms with van der Waals surface area (Å²) < 4.78 is 14.7. The smallest absolute Gasteiger partial charge is 0.305 e. The molecule has 9 nitrogen and oxygen atoms in total. The van der Waals surface area contributed by atoms with Crippen molar-refractivity contribution in [1.82, 2.24) is 14.5 Å². The van der Waals surface area contributed by atoms with Crippen molar-refractivity contribution in [2.75, 3.05) is 19.6 Å². The second kappa shape index (κ2) is 16.5. The first kappa shape index (κ1) is 39.3. The number of rotatable bonds is 13. The van der Waals surface area contributed by atoms with Gasteiger partial charge in [0.15, 0.2) is 5.78 Å². The lowest BCUT2D eigenvalue weighted by atomic mass is 9.94. The zero-order valence-electron chi connectivity index (χ0n) is 30.6. The molecule has 48 heavy (non-hydrogen) atoms. The Labute approximate surface area is 285 Å². The van der Waals surface area contributed by atoms with Crippen molar-refractivity contribution in [2.45, 2.75) is 124 Å². The molecule has 0 aliphatic carbocycles. The highest BCUT2D eigenvalue weighted by Crippen LogP contribution is 2.28. The van der Waals surface area contributed by atoms with E-state index in [1.54, 1.807) is 4.57 Å². The van der Waals surface area contributed by atoms with Gasteiger partial charge in [-0.3, -0.25) is 14.3 Å². The van der Waals surface area contributed by atoms with Crippen molar-refractivity contribution in [1.29, 1.82) is 0 Å². The van der Waals surface area contributed by atoms with Gasteiger partial charge in [-0.05, 0) is 131 Å². The molecule has 1 N–H and O–H groups in total. The molecule has 0 saturated heterocycles. The molecule has 1 aliphatic heterocycles. The van der Waals surface area contributed by atoms with Crippen LogP contribution in [0.3, 0.4) is 0 Å². The van der Waals surface area contributed by atoms with E-state index in [1.165, 1.54) is 24.3 Å². The number of carbonyl (C=O) groups excluding carboxylic acids is 1. The molecule has 0 unspecified atom stereocenters. The number of halogens is 1. The average molecular weight is 670 g/mol. The summed E-state index contributed by atoms with van der Waals surface area (Å²) in [5.74, 6) is -0.291. The zero-order chi connectivity index (χ0) is 35.8. The van der Waals surface area contributed by atoms with Gasteiger partial charge in [0.2, 0.25) is 0 Å². The number of fused-ring (bicyclic) bond motifs is 1. The van der Waals surface area contributed by atoms with Crippen molar-refractivity contribution in [2.24, 2.45) is 0 Å². The van der Waals surface area contributed by atoms with Crippen molar-refractivity contribution in [3.8, 4) is 0 Å². The summed E-state index contributed by atoms with van der Waals surface area (Å²) in [5, 5.41) is 0. The molecule has 0 spiro atoms. The molecule has 3 aromatic rings. The van der Waals surface area contributed by atoms with E-state index in [2.05, 4.69) is 16.0 Å². The highest BCUT2D eigenvalue weighted by Gasteiger charge is 2.30. The second-order valence-corrected chi connectivity index (χ2v) is 15.6. The lowest BCUT2D eigenvalue weighted by Gasteiger charge is -2.33. The number of nitrogens with zero attached hydrogens (tertiary/aromatic N) is 2. The van der Waals surface area contributed by atoms with Crippen LogP contribution in [0, 0.1) is 5.82 Å². The van der Waals surface area contributed by atoms with E-state index in [9.17, 15) is 14.0 Å². The summed E-state index contributed by atoms with van der Waals surface area (Å²) in [5.41, 5.74) is 1.86. The lowest BCUT2D eigenvalue weighted by molar-refractivity contribution is -0.410. The third-order valence-corrected chi connectivity index (χ3v) is 7.55. The average Bonchev–Trinajstić information content (AvgIpc) is 3.34. The highest BCUT2D eigenvalue weighted by molar-refractivity contribution is 5.95.